The van der Waals surface area contributed by atoms with Crippen molar-refractivity contribution in [2.24, 2.45) is 0 Å². The van der Waals surface area contributed by atoms with E-state index in [4.69, 9.17) is 15.3 Å². The largest absolute Gasteiger partial charge is 2.00 e. The first kappa shape index (κ1) is 51.4. The molecule has 6 nitrogen and oxygen atoms in total. The van der Waals surface area contributed by atoms with E-state index >= 15 is 0 Å². The summed E-state index contributed by atoms with van der Waals surface area (Å²) in [7, 11) is -1.62. The molecule has 11 heteroatoms. The Balaban J connectivity index is 0.000000529. The second-order valence-corrected chi connectivity index (χ2v) is 14.7. The second kappa shape index (κ2) is 25.8. The Hall–Kier alpha value is -3.72. The van der Waals surface area contributed by atoms with Gasteiger partial charge in [-0.15, -0.1) is 34.9 Å². The summed E-state index contributed by atoms with van der Waals surface area (Å²) in [5.41, 5.74) is 9.86. The van der Waals surface area contributed by atoms with Crippen LogP contribution in [0.4, 0.5) is 0 Å². The zero-order valence-corrected chi connectivity index (χ0v) is 42.4. The van der Waals surface area contributed by atoms with Gasteiger partial charge in [0.05, 0.1) is 0 Å². The third-order valence-corrected chi connectivity index (χ3v) is 9.55. The second-order valence-electron chi connectivity index (χ2n) is 14.7. The fraction of sp³-hybridized carbons (Fsp3) is 0.188. The smallest absolute Gasteiger partial charge is 0.409 e. The molecule has 3 aromatic heterocycles. The molecule has 0 fully saturated rings. The van der Waals surface area contributed by atoms with Gasteiger partial charge in [0.15, 0.2) is 0 Å². The molecule has 0 aliphatic heterocycles. The van der Waals surface area contributed by atoms with E-state index in [0.717, 1.165) is 33.8 Å². The Bertz CT molecular complexity index is 1990. The zero-order valence-electron chi connectivity index (χ0n) is 34.6. The van der Waals surface area contributed by atoms with E-state index in [1.165, 1.54) is 17.1 Å². The van der Waals surface area contributed by atoms with Gasteiger partial charge in [-0.3, -0.25) is 15.3 Å². The van der Waals surface area contributed by atoms with Crippen LogP contribution in [0.25, 0.3) is 33.8 Å². The van der Waals surface area contributed by atoms with Crippen LogP contribution in [0.5, 0.6) is 0 Å². The third-order valence-electron chi connectivity index (χ3n) is 9.55. The summed E-state index contributed by atoms with van der Waals surface area (Å²) < 4.78 is 6.69. The maximum absolute atomic E-state index is 5.30. The van der Waals surface area contributed by atoms with Gasteiger partial charge < -0.3 is 13.8 Å². The van der Waals surface area contributed by atoms with Crippen molar-refractivity contribution in [2.75, 3.05) is 0 Å². The van der Waals surface area contributed by atoms with Gasteiger partial charge in [-0.05, 0) is 34.8 Å². The average molecular weight is 1100 g/mol. The van der Waals surface area contributed by atoms with Gasteiger partial charge in [0.25, 0.3) is 0 Å². The van der Waals surface area contributed by atoms with Crippen LogP contribution in [0.2, 0.25) is 0 Å². The first-order valence-corrected chi connectivity index (χ1v) is 19.4. The van der Waals surface area contributed by atoms with Crippen molar-refractivity contribution in [2.45, 2.75) is 59.3 Å². The number of hydrogen-bond acceptors (Lipinski definition) is 3. The average Bonchev–Trinajstić information content (AvgIpc) is 4.06. The van der Waals surface area contributed by atoms with E-state index in [9.17, 15) is 0 Å². The van der Waals surface area contributed by atoms with E-state index in [2.05, 4.69) is 146 Å². The fourth-order valence-electron chi connectivity index (χ4n) is 6.77. The molecule has 0 aliphatic rings. The molecular weight excluding hydrogens is 1040 g/mol. The third kappa shape index (κ3) is 13.6. The van der Waals surface area contributed by atoms with Crippen molar-refractivity contribution < 1.29 is 51.2 Å². The molecule has 9 rings (SSSR count). The van der Waals surface area contributed by atoms with Crippen molar-refractivity contribution in [1.82, 2.24) is 29.1 Å². The predicted octanol–water partition coefficient (Wildman–Crippen LogP) is 11.3. The molecule has 0 spiro atoms. The molecule has 9 aromatic rings. The Morgan fingerprint density at radius 1 is 0.424 bits per heavy atom. The molecule has 3 heterocycles. The van der Waals surface area contributed by atoms with Gasteiger partial charge in [0.2, 0.25) is 0 Å². The van der Waals surface area contributed by atoms with Gasteiger partial charge in [0, 0.05) is 61.4 Å². The normalized spacial score (nSPS) is 10.3. The maximum atomic E-state index is 5.30. The van der Waals surface area contributed by atoms with E-state index < -0.39 is 7.12 Å². The molecule has 0 saturated carbocycles. The summed E-state index contributed by atoms with van der Waals surface area (Å²) in [6, 6.07) is 61.9. The number of rotatable bonds is 9. The van der Waals surface area contributed by atoms with Crippen LogP contribution in [0, 0.1) is 0 Å². The molecule has 307 valence electrons. The molecule has 0 N–H and O–H groups in total. The molecule has 6 aromatic carbocycles. The molecule has 0 amide bonds. The monoisotopic (exact) mass is 1100 g/mol. The number of hydrogen-bond donors (Lipinski definition) is 0. The molecule has 59 heavy (non-hydrogen) atoms. The van der Waals surface area contributed by atoms with Gasteiger partial charge >= 0.3 is 41.3 Å². The summed E-state index contributed by atoms with van der Waals surface area (Å²) in [6.07, 6.45) is 0. The zero-order chi connectivity index (χ0) is 38.6. The summed E-state index contributed by atoms with van der Waals surface area (Å²) in [6.45, 7) is 13.4. The molecule has 1 radical (unpaired) electrons. The summed E-state index contributed by atoms with van der Waals surface area (Å²) in [5.74, 6) is 0.810. The van der Waals surface area contributed by atoms with Crippen molar-refractivity contribution in [1.29, 1.82) is 0 Å². The minimum Gasteiger partial charge on any atom is -0.409 e. The minimum absolute atomic E-state index is 0. The maximum Gasteiger partial charge on any atom is 2.00 e. The van der Waals surface area contributed by atoms with Crippen LogP contribution >= 0.6 is 0 Å². The summed E-state index contributed by atoms with van der Waals surface area (Å²) >= 11 is 0. The Morgan fingerprint density at radius 2 is 0.678 bits per heavy atom. The van der Waals surface area contributed by atoms with Crippen molar-refractivity contribution in [3.63, 3.8) is 0 Å². The number of aromatic nitrogens is 6. The first-order chi connectivity index (χ1) is 26.8. The first-order valence-electron chi connectivity index (χ1n) is 19.4. The van der Waals surface area contributed by atoms with Gasteiger partial charge in [-0.25, -0.2) is 36.4 Å². The summed E-state index contributed by atoms with van der Waals surface area (Å²) in [5, 5.41) is 15.9. The van der Waals surface area contributed by atoms with Crippen molar-refractivity contribution in [3.05, 3.63) is 199 Å². The molecule has 0 saturated heterocycles. The predicted molar refractivity (Wildman–Crippen MR) is 237 cm³/mol. The van der Waals surface area contributed by atoms with Gasteiger partial charge in [0.1, 0.15) is 0 Å². The van der Waals surface area contributed by atoms with Crippen LogP contribution in [0.1, 0.15) is 76.4 Å². The quantitative estimate of drug-likeness (QED) is 0.107. The summed E-state index contributed by atoms with van der Waals surface area (Å²) in [4.78, 5) is 0. The topological polar surface area (TPSA) is 53.5 Å². The van der Waals surface area contributed by atoms with Crippen LogP contribution in [-0.2, 0) is 51.2 Å². The minimum atomic E-state index is -1.62. The molecular formula is C48H52BFe3N6Tl-3. The van der Waals surface area contributed by atoms with E-state index in [1.807, 2.05) is 91.0 Å². The Morgan fingerprint density at radius 3 is 0.847 bits per heavy atom. The van der Waals surface area contributed by atoms with Crippen molar-refractivity contribution in [3.8, 4) is 33.8 Å². The van der Waals surface area contributed by atoms with E-state index in [1.54, 1.807) is 0 Å². The molecule has 0 unspecified atom stereocenters. The van der Waals surface area contributed by atoms with E-state index in [0.29, 0.717) is 0 Å². The number of nitrogens with zero attached hydrogens (tertiary/aromatic N) is 6. The molecule has 0 aliphatic carbocycles. The van der Waals surface area contributed by atoms with Crippen LogP contribution in [-0.4, -0.2) is 63.5 Å². The molecule has 0 atom stereocenters. The molecule has 0 bridgehead atoms. The standard InChI is InChI=1S/C33H37BN6.3C5H5.3Fe.Tl/c1-22(2)31-19-28(25-13-7-8-14-25)35-38(31)34(39-32(23(3)4)20-29(36-39)26-15-9-10-16-26)40-33(24(5)6)21-30(37-40)27-17-11-12-18-27;3*1-2-4-5-3-1;;;;/h7-24,34H,1-6H3;3*1-5H;;;;/q-4;3*-1;;2*+2;. The SMILES string of the molecule is CC(C)c1cc(-c2ccc[cH-]2)nn1[BH-](n1nc(-c2ccc[cH-]2)cc1C(C)C)n1nc(-c2ccc[cH-]2)cc1C(C)C.[Fe+2].[Fe+2].[Fe].[Tl].c1cc[cH-]c1.c1cc[cH-]c1.c1cc[cH-]c1. The Kier molecular flexibility index (Phi) is 22.5. The fourth-order valence-corrected chi connectivity index (χ4v) is 6.77. The van der Waals surface area contributed by atoms with Crippen LogP contribution in [0.15, 0.2) is 182 Å². The Labute approximate surface area is 403 Å². The van der Waals surface area contributed by atoms with Crippen molar-refractivity contribution >= 4 is 34.4 Å². The van der Waals surface area contributed by atoms with Gasteiger partial charge in [-0.2, -0.15) is 109 Å². The van der Waals surface area contributed by atoms with Crippen LogP contribution < -0.4 is 0 Å². The van der Waals surface area contributed by atoms with Crippen LogP contribution in [0.3, 0.4) is 0 Å². The van der Waals surface area contributed by atoms with E-state index in [-0.39, 0.29) is 96.3 Å². The van der Waals surface area contributed by atoms with Gasteiger partial charge in [-0.1, -0.05) is 59.7 Å².